The Bertz CT molecular complexity index is 449. The normalized spacial score (nSPS) is 11.6. The molecule has 1 heterocycles. The van der Waals surface area contributed by atoms with E-state index in [1.165, 1.54) is 10.9 Å². The van der Waals surface area contributed by atoms with E-state index in [1.54, 1.807) is 6.92 Å². The van der Waals surface area contributed by atoms with Crippen LogP contribution >= 0.6 is 15.9 Å². The Labute approximate surface area is 105 Å². The summed E-state index contributed by atoms with van der Waals surface area (Å²) in [7, 11) is 0. The summed E-state index contributed by atoms with van der Waals surface area (Å²) in [5.74, 6) is -3.01. The van der Waals surface area contributed by atoms with Crippen molar-refractivity contribution in [3.63, 3.8) is 0 Å². The number of alkyl halides is 2. The molecule has 0 aliphatic rings. The molecule has 17 heavy (non-hydrogen) atoms. The number of nitrogens with two attached hydrogens (primary N) is 1. The summed E-state index contributed by atoms with van der Waals surface area (Å²) in [5, 5.41) is 6.26. The molecule has 8 heteroatoms. The SMILES string of the molecule is CCn1ncc(NCC(F)(F)CN)c(Br)c1=O. The van der Waals surface area contributed by atoms with E-state index < -0.39 is 19.0 Å². The fourth-order valence-corrected chi connectivity index (χ4v) is 1.56. The molecule has 0 aromatic carbocycles. The van der Waals surface area contributed by atoms with Gasteiger partial charge in [-0.15, -0.1) is 0 Å². The standard InChI is InChI=1S/C9H13BrF2N4O/c1-2-16-8(17)7(10)6(3-15-16)14-5-9(11,12)4-13/h3,14H,2,4-5,13H2,1H3. The second-order valence-corrected chi connectivity index (χ2v) is 4.20. The minimum Gasteiger partial charge on any atom is -0.377 e. The lowest BCUT2D eigenvalue weighted by atomic mass is 10.3. The highest BCUT2D eigenvalue weighted by Crippen LogP contribution is 2.18. The molecule has 3 N–H and O–H groups in total. The number of hydrogen-bond acceptors (Lipinski definition) is 4. The van der Waals surface area contributed by atoms with Crippen molar-refractivity contribution in [3.8, 4) is 0 Å². The first kappa shape index (κ1) is 14.0. The van der Waals surface area contributed by atoms with Gasteiger partial charge in [0.05, 0.1) is 25.0 Å². The number of rotatable bonds is 5. The Balaban J connectivity index is 2.87. The van der Waals surface area contributed by atoms with Gasteiger partial charge in [0.1, 0.15) is 4.47 Å². The van der Waals surface area contributed by atoms with E-state index in [4.69, 9.17) is 5.73 Å². The minimum absolute atomic E-state index is 0.183. The topological polar surface area (TPSA) is 72.9 Å². The highest BCUT2D eigenvalue weighted by molar-refractivity contribution is 9.10. The van der Waals surface area contributed by atoms with Crippen LogP contribution in [0.15, 0.2) is 15.5 Å². The Morgan fingerprint density at radius 1 is 1.65 bits per heavy atom. The number of anilines is 1. The average Bonchev–Trinajstić information content (AvgIpc) is 2.31. The van der Waals surface area contributed by atoms with Crippen molar-refractivity contribution < 1.29 is 8.78 Å². The number of halogens is 3. The first-order valence-corrected chi connectivity index (χ1v) is 5.78. The van der Waals surface area contributed by atoms with Crippen molar-refractivity contribution in [1.29, 1.82) is 0 Å². The predicted molar refractivity (Wildman–Crippen MR) is 64.4 cm³/mol. The Kier molecular flexibility index (Phi) is 4.58. The van der Waals surface area contributed by atoms with Gasteiger partial charge in [-0.1, -0.05) is 0 Å². The van der Waals surface area contributed by atoms with Crippen LogP contribution < -0.4 is 16.6 Å². The van der Waals surface area contributed by atoms with Gasteiger partial charge < -0.3 is 11.1 Å². The predicted octanol–water partition coefficient (Wildman–Crippen LogP) is 1.03. The quantitative estimate of drug-likeness (QED) is 0.852. The largest absolute Gasteiger partial charge is 0.377 e. The van der Waals surface area contributed by atoms with Crippen LogP contribution in [0.4, 0.5) is 14.5 Å². The van der Waals surface area contributed by atoms with Crippen LogP contribution in [0.2, 0.25) is 0 Å². The number of hydrogen-bond donors (Lipinski definition) is 2. The molecular weight excluding hydrogens is 298 g/mol. The highest BCUT2D eigenvalue weighted by Gasteiger charge is 2.26. The van der Waals surface area contributed by atoms with Crippen molar-refractivity contribution in [2.45, 2.75) is 19.4 Å². The second kappa shape index (κ2) is 5.54. The van der Waals surface area contributed by atoms with Gasteiger partial charge >= 0.3 is 0 Å². The van der Waals surface area contributed by atoms with E-state index in [1.807, 2.05) is 0 Å². The molecule has 0 bridgehead atoms. The molecule has 0 saturated carbocycles. The van der Waals surface area contributed by atoms with Crippen LogP contribution in [-0.4, -0.2) is 28.8 Å². The third-order valence-electron chi connectivity index (χ3n) is 2.12. The molecule has 0 radical (unpaired) electrons. The van der Waals surface area contributed by atoms with E-state index in [0.29, 0.717) is 6.54 Å². The van der Waals surface area contributed by atoms with E-state index in [-0.39, 0.29) is 15.7 Å². The van der Waals surface area contributed by atoms with Gasteiger partial charge in [-0.05, 0) is 22.9 Å². The van der Waals surface area contributed by atoms with E-state index >= 15 is 0 Å². The molecule has 0 amide bonds. The molecule has 0 fully saturated rings. The van der Waals surface area contributed by atoms with E-state index in [9.17, 15) is 13.6 Å². The third-order valence-corrected chi connectivity index (χ3v) is 2.89. The van der Waals surface area contributed by atoms with Crippen LogP contribution in [0.3, 0.4) is 0 Å². The molecule has 0 aliphatic carbocycles. The summed E-state index contributed by atoms with van der Waals surface area (Å²) in [6.07, 6.45) is 1.32. The lowest BCUT2D eigenvalue weighted by molar-refractivity contribution is 0.0253. The molecule has 0 saturated heterocycles. The van der Waals surface area contributed by atoms with Crippen molar-refractivity contribution >= 4 is 21.6 Å². The number of nitrogens with zero attached hydrogens (tertiary/aromatic N) is 2. The minimum atomic E-state index is -3.01. The lowest BCUT2D eigenvalue weighted by Crippen LogP contribution is -2.36. The zero-order valence-electron chi connectivity index (χ0n) is 9.21. The summed E-state index contributed by atoms with van der Waals surface area (Å²) < 4.78 is 27.2. The molecule has 0 unspecified atom stereocenters. The van der Waals surface area contributed by atoms with Gasteiger partial charge in [-0.3, -0.25) is 4.79 Å². The number of aryl methyl sites for hydroxylation is 1. The first-order chi connectivity index (χ1) is 7.91. The van der Waals surface area contributed by atoms with Crippen molar-refractivity contribution in [2.24, 2.45) is 5.73 Å². The van der Waals surface area contributed by atoms with Crippen LogP contribution in [0, 0.1) is 0 Å². The fourth-order valence-electron chi connectivity index (χ4n) is 1.11. The van der Waals surface area contributed by atoms with E-state index in [2.05, 4.69) is 26.3 Å². The Hall–Kier alpha value is -1.02. The monoisotopic (exact) mass is 310 g/mol. The maximum absolute atomic E-state index is 12.9. The van der Waals surface area contributed by atoms with E-state index in [0.717, 1.165) is 0 Å². The summed E-state index contributed by atoms with van der Waals surface area (Å²) in [4.78, 5) is 11.6. The van der Waals surface area contributed by atoms with Gasteiger partial charge in [-0.25, -0.2) is 13.5 Å². The number of nitrogens with one attached hydrogen (secondary N) is 1. The Morgan fingerprint density at radius 2 is 2.29 bits per heavy atom. The van der Waals surface area contributed by atoms with Gasteiger partial charge in [-0.2, -0.15) is 5.10 Å². The molecule has 0 aliphatic heterocycles. The zero-order valence-corrected chi connectivity index (χ0v) is 10.8. The molecule has 1 rings (SSSR count). The van der Waals surface area contributed by atoms with Gasteiger partial charge in [0, 0.05) is 6.54 Å². The molecule has 1 aromatic heterocycles. The summed E-state index contributed by atoms with van der Waals surface area (Å²) in [6.45, 7) is 0.781. The van der Waals surface area contributed by atoms with Crippen molar-refractivity contribution in [1.82, 2.24) is 9.78 Å². The molecule has 96 valence electrons. The van der Waals surface area contributed by atoms with Gasteiger partial charge in [0.15, 0.2) is 0 Å². The molecule has 1 aromatic rings. The second-order valence-electron chi connectivity index (χ2n) is 3.41. The van der Waals surface area contributed by atoms with Crippen molar-refractivity contribution in [2.75, 3.05) is 18.4 Å². The summed E-state index contributed by atoms with van der Waals surface area (Å²) in [5.41, 5.74) is 4.76. The molecular formula is C9H13BrF2N4O. The van der Waals surface area contributed by atoms with Crippen LogP contribution in [0.25, 0.3) is 0 Å². The maximum atomic E-state index is 12.9. The van der Waals surface area contributed by atoms with Gasteiger partial charge in [0.2, 0.25) is 0 Å². The molecule has 0 spiro atoms. The Morgan fingerprint density at radius 3 is 2.82 bits per heavy atom. The smallest absolute Gasteiger partial charge is 0.283 e. The average molecular weight is 311 g/mol. The number of aromatic nitrogens is 2. The fraction of sp³-hybridized carbons (Fsp3) is 0.556. The van der Waals surface area contributed by atoms with Crippen molar-refractivity contribution in [3.05, 3.63) is 21.0 Å². The molecule has 5 nitrogen and oxygen atoms in total. The van der Waals surface area contributed by atoms with Crippen LogP contribution in [-0.2, 0) is 6.54 Å². The maximum Gasteiger partial charge on any atom is 0.283 e. The molecule has 0 atom stereocenters. The summed E-state index contributed by atoms with van der Waals surface area (Å²) >= 11 is 3.05. The van der Waals surface area contributed by atoms with Crippen LogP contribution in [0.5, 0.6) is 0 Å². The zero-order chi connectivity index (χ0) is 13.1. The summed E-state index contributed by atoms with van der Waals surface area (Å²) in [6, 6.07) is 0. The highest BCUT2D eigenvalue weighted by atomic mass is 79.9. The van der Waals surface area contributed by atoms with Gasteiger partial charge in [0.25, 0.3) is 11.5 Å². The third kappa shape index (κ3) is 3.47. The van der Waals surface area contributed by atoms with Crippen LogP contribution in [0.1, 0.15) is 6.92 Å². The first-order valence-electron chi connectivity index (χ1n) is 4.98. The lowest BCUT2D eigenvalue weighted by Gasteiger charge is -2.16.